The average molecular weight is 328 g/mol. The van der Waals surface area contributed by atoms with Crippen molar-refractivity contribution < 1.29 is 23.4 Å². The van der Waals surface area contributed by atoms with E-state index in [0.717, 1.165) is 0 Å². The van der Waals surface area contributed by atoms with Crippen LogP contribution < -0.4 is 10.1 Å². The third kappa shape index (κ3) is 4.74. The Kier molecular flexibility index (Phi) is 5.79. The summed E-state index contributed by atoms with van der Waals surface area (Å²) in [7, 11) is 0. The van der Waals surface area contributed by atoms with Crippen molar-refractivity contribution in [2.75, 3.05) is 13.2 Å². The van der Waals surface area contributed by atoms with E-state index in [0.29, 0.717) is 5.56 Å². The van der Waals surface area contributed by atoms with Crippen LogP contribution in [0.3, 0.4) is 0 Å². The SMILES string of the molecule is O=C(NCC(O)c1ccsc1)c1cc(OCC(F)F)ccn1. The summed E-state index contributed by atoms with van der Waals surface area (Å²) in [6.45, 7) is -0.721. The van der Waals surface area contributed by atoms with Crippen LogP contribution in [0.25, 0.3) is 0 Å². The number of alkyl halides is 2. The number of aromatic nitrogens is 1. The number of carbonyl (C=O) groups is 1. The van der Waals surface area contributed by atoms with Crippen molar-refractivity contribution in [2.24, 2.45) is 0 Å². The molecule has 0 aromatic carbocycles. The fraction of sp³-hybridized carbons (Fsp3) is 0.286. The Morgan fingerprint density at radius 3 is 2.95 bits per heavy atom. The van der Waals surface area contributed by atoms with Crippen molar-refractivity contribution in [3.63, 3.8) is 0 Å². The Hall–Kier alpha value is -2.06. The molecule has 2 heterocycles. The average Bonchev–Trinajstić information content (AvgIpc) is 3.05. The lowest BCUT2D eigenvalue weighted by Crippen LogP contribution is -2.28. The number of carbonyl (C=O) groups excluding carboxylic acids is 1. The lowest BCUT2D eigenvalue weighted by Gasteiger charge is -2.11. The van der Waals surface area contributed by atoms with Crippen molar-refractivity contribution in [3.05, 3.63) is 46.4 Å². The molecule has 0 saturated heterocycles. The summed E-state index contributed by atoms with van der Waals surface area (Å²) in [5, 5.41) is 16.0. The first-order valence-electron chi connectivity index (χ1n) is 6.41. The second kappa shape index (κ2) is 7.81. The number of thiophene rings is 1. The number of amides is 1. The second-order valence-electron chi connectivity index (χ2n) is 4.36. The number of ether oxygens (including phenoxy) is 1. The normalized spacial score (nSPS) is 12.2. The number of hydrogen-bond acceptors (Lipinski definition) is 5. The van der Waals surface area contributed by atoms with Crippen molar-refractivity contribution in [1.82, 2.24) is 10.3 Å². The molecular weight excluding hydrogens is 314 g/mol. The molecule has 0 saturated carbocycles. The summed E-state index contributed by atoms with van der Waals surface area (Å²) < 4.78 is 29.0. The van der Waals surface area contributed by atoms with E-state index in [2.05, 4.69) is 10.3 Å². The summed E-state index contributed by atoms with van der Waals surface area (Å²) in [4.78, 5) is 15.8. The first-order chi connectivity index (χ1) is 10.6. The first-order valence-corrected chi connectivity index (χ1v) is 7.36. The molecule has 2 rings (SSSR count). The van der Waals surface area contributed by atoms with Gasteiger partial charge in [-0.25, -0.2) is 8.78 Å². The molecule has 0 aliphatic carbocycles. The van der Waals surface area contributed by atoms with E-state index in [9.17, 15) is 18.7 Å². The van der Waals surface area contributed by atoms with Crippen LogP contribution in [0.1, 0.15) is 22.2 Å². The number of hydrogen-bond donors (Lipinski definition) is 2. The van der Waals surface area contributed by atoms with Gasteiger partial charge in [-0.15, -0.1) is 0 Å². The predicted molar refractivity (Wildman–Crippen MR) is 77.3 cm³/mol. The lowest BCUT2D eigenvalue weighted by molar-refractivity contribution is 0.0816. The Bertz CT molecular complexity index is 608. The van der Waals surface area contributed by atoms with E-state index in [-0.39, 0.29) is 18.0 Å². The Morgan fingerprint density at radius 1 is 1.45 bits per heavy atom. The molecule has 0 spiro atoms. The number of aliphatic hydroxyl groups excluding tert-OH is 1. The van der Waals surface area contributed by atoms with Gasteiger partial charge in [-0.2, -0.15) is 11.3 Å². The maximum absolute atomic E-state index is 12.1. The Labute approximate surface area is 129 Å². The molecule has 0 radical (unpaired) electrons. The third-order valence-corrected chi connectivity index (χ3v) is 3.43. The van der Waals surface area contributed by atoms with E-state index >= 15 is 0 Å². The fourth-order valence-corrected chi connectivity index (χ4v) is 2.35. The highest BCUT2D eigenvalue weighted by Gasteiger charge is 2.13. The van der Waals surface area contributed by atoms with Gasteiger partial charge in [-0.1, -0.05) is 0 Å². The van der Waals surface area contributed by atoms with Crippen LogP contribution in [-0.4, -0.2) is 35.6 Å². The molecule has 0 aliphatic heterocycles. The molecule has 5 nitrogen and oxygen atoms in total. The highest BCUT2D eigenvalue weighted by atomic mass is 32.1. The number of pyridine rings is 1. The van der Waals surface area contributed by atoms with Gasteiger partial charge in [0, 0.05) is 18.8 Å². The monoisotopic (exact) mass is 328 g/mol. The number of halogens is 2. The van der Waals surface area contributed by atoms with Crippen molar-refractivity contribution >= 4 is 17.2 Å². The van der Waals surface area contributed by atoms with Crippen LogP contribution in [0.4, 0.5) is 8.78 Å². The van der Waals surface area contributed by atoms with Gasteiger partial charge in [0.2, 0.25) is 0 Å². The smallest absolute Gasteiger partial charge is 0.272 e. The topological polar surface area (TPSA) is 71.5 Å². The molecule has 118 valence electrons. The minimum absolute atomic E-state index is 0.0271. The molecular formula is C14H14F2N2O3S. The standard InChI is InChI=1S/C14H14F2N2O3S/c15-13(16)7-21-10-1-3-17-11(5-10)14(20)18-6-12(19)9-2-4-22-8-9/h1-5,8,12-13,19H,6-7H2,(H,18,20). The maximum Gasteiger partial charge on any atom is 0.272 e. The van der Waals surface area contributed by atoms with Crippen LogP contribution in [0.2, 0.25) is 0 Å². The molecule has 0 bridgehead atoms. The number of rotatable bonds is 7. The van der Waals surface area contributed by atoms with Gasteiger partial charge >= 0.3 is 0 Å². The molecule has 1 atom stereocenters. The summed E-state index contributed by atoms with van der Waals surface area (Å²) >= 11 is 1.45. The van der Waals surface area contributed by atoms with Gasteiger partial charge in [-0.05, 0) is 28.5 Å². The van der Waals surface area contributed by atoms with Crippen molar-refractivity contribution in [1.29, 1.82) is 0 Å². The van der Waals surface area contributed by atoms with Crippen LogP contribution >= 0.6 is 11.3 Å². The molecule has 8 heteroatoms. The zero-order valence-corrected chi connectivity index (χ0v) is 12.2. The molecule has 2 aromatic rings. The maximum atomic E-state index is 12.1. The first kappa shape index (κ1) is 16.3. The minimum atomic E-state index is -2.59. The van der Waals surface area contributed by atoms with Crippen LogP contribution in [0.5, 0.6) is 5.75 Å². The van der Waals surface area contributed by atoms with Gasteiger partial charge in [0.25, 0.3) is 12.3 Å². The zero-order valence-electron chi connectivity index (χ0n) is 11.4. The summed E-state index contributed by atoms with van der Waals surface area (Å²) in [6.07, 6.45) is -2.11. The molecule has 1 unspecified atom stereocenters. The van der Waals surface area contributed by atoms with Gasteiger partial charge in [0.1, 0.15) is 18.1 Å². The molecule has 0 aliphatic rings. The van der Waals surface area contributed by atoms with E-state index in [1.807, 2.05) is 5.38 Å². The van der Waals surface area contributed by atoms with Gasteiger partial charge < -0.3 is 15.2 Å². The van der Waals surface area contributed by atoms with Crippen LogP contribution in [0, 0.1) is 0 Å². The van der Waals surface area contributed by atoms with Gasteiger partial charge in [0.05, 0.1) is 6.10 Å². The molecule has 22 heavy (non-hydrogen) atoms. The van der Waals surface area contributed by atoms with Crippen molar-refractivity contribution in [3.8, 4) is 5.75 Å². The number of nitrogens with zero attached hydrogens (tertiary/aromatic N) is 1. The van der Waals surface area contributed by atoms with E-state index in [4.69, 9.17) is 4.74 Å². The van der Waals surface area contributed by atoms with E-state index < -0.39 is 25.0 Å². The Balaban J connectivity index is 1.90. The second-order valence-corrected chi connectivity index (χ2v) is 5.14. The number of aliphatic hydroxyl groups is 1. The quantitative estimate of drug-likeness (QED) is 0.818. The zero-order chi connectivity index (χ0) is 15.9. The van der Waals surface area contributed by atoms with Gasteiger partial charge in [-0.3, -0.25) is 9.78 Å². The molecule has 1 amide bonds. The summed E-state index contributed by atoms with van der Waals surface area (Å²) in [5.41, 5.74) is 0.747. The molecule has 2 aromatic heterocycles. The number of nitrogens with one attached hydrogen (secondary N) is 1. The third-order valence-electron chi connectivity index (χ3n) is 2.72. The minimum Gasteiger partial charge on any atom is -0.488 e. The lowest BCUT2D eigenvalue weighted by atomic mass is 10.2. The highest BCUT2D eigenvalue weighted by Crippen LogP contribution is 2.16. The van der Waals surface area contributed by atoms with Crippen LogP contribution in [0.15, 0.2) is 35.2 Å². The van der Waals surface area contributed by atoms with Crippen LogP contribution in [-0.2, 0) is 0 Å². The highest BCUT2D eigenvalue weighted by molar-refractivity contribution is 7.07. The molecule has 0 fully saturated rings. The predicted octanol–water partition coefficient (Wildman–Crippen LogP) is 2.25. The van der Waals surface area contributed by atoms with Gasteiger partial charge in [0.15, 0.2) is 0 Å². The summed E-state index contributed by atoms with van der Waals surface area (Å²) in [5.74, 6) is -0.379. The van der Waals surface area contributed by atoms with E-state index in [1.54, 1.807) is 11.4 Å². The summed E-state index contributed by atoms with van der Waals surface area (Å²) in [6, 6.07) is 4.42. The van der Waals surface area contributed by atoms with E-state index in [1.165, 1.54) is 29.7 Å². The molecule has 2 N–H and O–H groups in total. The largest absolute Gasteiger partial charge is 0.488 e. The Morgan fingerprint density at radius 2 is 2.27 bits per heavy atom. The van der Waals surface area contributed by atoms with Crippen molar-refractivity contribution in [2.45, 2.75) is 12.5 Å². The fourth-order valence-electron chi connectivity index (χ4n) is 1.65.